The predicted molar refractivity (Wildman–Crippen MR) is 81.7 cm³/mol. The van der Waals surface area contributed by atoms with E-state index in [0.717, 1.165) is 29.9 Å². The molecule has 0 saturated heterocycles. The lowest BCUT2D eigenvalue weighted by Gasteiger charge is -2.26. The summed E-state index contributed by atoms with van der Waals surface area (Å²) in [6, 6.07) is 5.95. The number of nitrogens with two attached hydrogens (primary N) is 1. The predicted octanol–water partition coefficient (Wildman–Crippen LogP) is 3.44. The average Bonchev–Trinajstić information content (AvgIpc) is 2.35. The van der Waals surface area contributed by atoms with Crippen LogP contribution in [0.1, 0.15) is 32.6 Å². The van der Waals surface area contributed by atoms with Gasteiger partial charge in [-0.05, 0) is 49.6 Å². The topological polar surface area (TPSA) is 67.1 Å². The molecule has 4 N–H and O–H groups in total. The number of benzene rings is 1. The normalized spacial score (nSPS) is 14.8. The third-order valence-electron chi connectivity index (χ3n) is 3.19. The molecule has 0 aliphatic heterocycles. The van der Waals surface area contributed by atoms with Gasteiger partial charge in [0, 0.05) is 10.9 Å². The third-order valence-corrected chi connectivity index (χ3v) is 4.39. The van der Waals surface area contributed by atoms with E-state index in [4.69, 9.17) is 5.73 Å². The van der Waals surface area contributed by atoms with Crippen LogP contribution in [0.15, 0.2) is 23.1 Å². The van der Waals surface area contributed by atoms with Gasteiger partial charge in [0.25, 0.3) is 0 Å². The summed E-state index contributed by atoms with van der Waals surface area (Å²) in [4.78, 5) is 12.9. The van der Waals surface area contributed by atoms with Gasteiger partial charge in [-0.15, -0.1) is 11.8 Å². The van der Waals surface area contributed by atoms with E-state index >= 15 is 0 Å². The Bertz CT molecular complexity index is 446. The molecule has 0 atom stereocenters. The first-order valence-corrected chi connectivity index (χ1v) is 7.77. The van der Waals surface area contributed by atoms with Crippen LogP contribution in [0.3, 0.4) is 0 Å². The second kappa shape index (κ2) is 6.70. The number of nitrogen functional groups attached to an aromatic ring is 1. The van der Waals surface area contributed by atoms with Gasteiger partial charge in [-0.2, -0.15) is 0 Å². The first-order chi connectivity index (χ1) is 9.19. The Labute approximate surface area is 118 Å². The highest BCUT2D eigenvalue weighted by Crippen LogP contribution is 2.27. The van der Waals surface area contributed by atoms with E-state index in [9.17, 15) is 4.79 Å². The fourth-order valence-electron chi connectivity index (χ4n) is 1.85. The zero-order valence-corrected chi connectivity index (χ0v) is 12.1. The Kier molecular flexibility index (Phi) is 4.96. The molecule has 4 nitrogen and oxygen atoms in total. The standard InChI is InChI=1S/C14H21N3OS/c1-2-8-19-11-6-7-12(15)13(9-11)17-14(18)16-10-4-3-5-10/h6-7,9-10H,2-5,8,15H2,1H3,(H2,16,17,18). The van der Waals surface area contributed by atoms with E-state index < -0.39 is 0 Å². The Hall–Kier alpha value is -1.36. The molecule has 104 valence electrons. The number of anilines is 2. The van der Waals surface area contributed by atoms with Gasteiger partial charge < -0.3 is 16.4 Å². The summed E-state index contributed by atoms with van der Waals surface area (Å²) in [5.41, 5.74) is 7.19. The lowest BCUT2D eigenvalue weighted by Crippen LogP contribution is -2.41. The molecular weight excluding hydrogens is 258 g/mol. The molecule has 2 amide bonds. The van der Waals surface area contributed by atoms with Crippen LogP contribution in [0.25, 0.3) is 0 Å². The number of amides is 2. The number of carbonyl (C=O) groups is 1. The second-order valence-electron chi connectivity index (χ2n) is 4.82. The monoisotopic (exact) mass is 279 g/mol. The van der Waals surface area contributed by atoms with Crippen molar-refractivity contribution in [1.29, 1.82) is 0 Å². The lowest BCUT2D eigenvalue weighted by molar-refractivity contribution is 0.240. The van der Waals surface area contributed by atoms with Crippen LogP contribution >= 0.6 is 11.8 Å². The Balaban J connectivity index is 1.95. The van der Waals surface area contributed by atoms with Crippen molar-refractivity contribution in [3.8, 4) is 0 Å². The van der Waals surface area contributed by atoms with E-state index in [1.807, 2.05) is 18.2 Å². The van der Waals surface area contributed by atoms with Crippen LogP contribution in [0.4, 0.5) is 16.2 Å². The van der Waals surface area contributed by atoms with Crippen molar-refractivity contribution in [2.45, 2.75) is 43.5 Å². The Morgan fingerprint density at radius 3 is 2.89 bits per heavy atom. The molecule has 0 spiro atoms. The fourth-order valence-corrected chi connectivity index (χ4v) is 2.65. The molecule has 0 radical (unpaired) electrons. The maximum absolute atomic E-state index is 11.8. The van der Waals surface area contributed by atoms with Gasteiger partial charge in [-0.3, -0.25) is 0 Å². The molecular formula is C14H21N3OS. The first kappa shape index (κ1) is 14.1. The van der Waals surface area contributed by atoms with Gasteiger partial charge in [-0.25, -0.2) is 4.79 Å². The summed E-state index contributed by atoms with van der Waals surface area (Å²) >= 11 is 1.77. The zero-order chi connectivity index (χ0) is 13.7. The van der Waals surface area contributed by atoms with Crippen molar-refractivity contribution in [3.63, 3.8) is 0 Å². The van der Waals surface area contributed by atoms with Crippen LogP contribution in [-0.4, -0.2) is 17.8 Å². The van der Waals surface area contributed by atoms with Crippen molar-refractivity contribution in [2.24, 2.45) is 0 Å². The van der Waals surface area contributed by atoms with Gasteiger partial charge in [0.05, 0.1) is 11.4 Å². The van der Waals surface area contributed by atoms with Crippen molar-refractivity contribution in [3.05, 3.63) is 18.2 Å². The molecule has 1 aromatic carbocycles. The van der Waals surface area contributed by atoms with E-state index in [2.05, 4.69) is 17.6 Å². The fraction of sp³-hybridized carbons (Fsp3) is 0.500. The van der Waals surface area contributed by atoms with Gasteiger partial charge >= 0.3 is 6.03 Å². The Morgan fingerprint density at radius 1 is 1.47 bits per heavy atom. The number of thioether (sulfide) groups is 1. The molecule has 0 unspecified atom stereocenters. The van der Waals surface area contributed by atoms with Gasteiger partial charge in [-0.1, -0.05) is 6.92 Å². The average molecular weight is 279 g/mol. The van der Waals surface area contributed by atoms with Crippen LogP contribution < -0.4 is 16.4 Å². The quantitative estimate of drug-likeness (QED) is 0.571. The number of nitrogens with one attached hydrogen (secondary N) is 2. The number of carbonyl (C=O) groups excluding carboxylic acids is 1. The molecule has 0 bridgehead atoms. The van der Waals surface area contributed by atoms with E-state index in [1.165, 1.54) is 6.42 Å². The third kappa shape index (κ3) is 4.06. The van der Waals surface area contributed by atoms with Crippen LogP contribution in [0, 0.1) is 0 Å². The molecule has 2 rings (SSSR count). The van der Waals surface area contributed by atoms with Crippen molar-refractivity contribution < 1.29 is 4.79 Å². The molecule has 1 fully saturated rings. The summed E-state index contributed by atoms with van der Waals surface area (Å²) in [5.74, 6) is 1.07. The second-order valence-corrected chi connectivity index (χ2v) is 5.99. The summed E-state index contributed by atoms with van der Waals surface area (Å²) in [7, 11) is 0. The highest BCUT2D eigenvalue weighted by molar-refractivity contribution is 7.99. The largest absolute Gasteiger partial charge is 0.397 e. The number of hydrogen-bond donors (Lipinski definition) is 3. The minimum Gasteiger partial charge on any atom is -0.397 e. The van der Waals surface area contributed by atoms with Gasteiger partial charge in [0.2, 0.25) is 0 Å². The maximum Gasteiger partial charge on any atom is 0.319 e. The van der Waals surface area contributed by atoms with E-state index in [1.54, 1.807) is 11.8 Å². The van der Waals surface area contributed by atoms with Gasteiger partial charge in [0.15, 0.2) is 0 Å². The van der Waals surface area contributed by atoms with Crippen molar-refractivity contribution in [1.82, 2.24) is 5.32 Å². The molecule has 1 aliphatic carbocycles. The minimum atomic E-state index is -0.158. The summed E-state index contributed by atoms with van der Waals surface area (Å²) < 4.78 is 0. The van der Waals surface area contributed by atoms with Gasteiger partial charge in [0.1, 0.15) is 0 Å². The zero-order valence-electron chi connectivity index (χ0n) is 11.2. The SMILES string of the molecule is CCCSc1ccc(N)c(NC(=O)NC2CCC2)c1. The molecule has 0 aromatic heterocycles. The summed E-state index contributed by atoms with van der Waals surface area (Å²) in [5, 5.41) is 5.78. The van der Waals surface area contributed by atoms with Crippen molar-refractivity contribution >= 4 is 29.2 Å². The highest BCUT2D eigenvalue weighted by Gasteiger charge is 2.19. The van der Waals surface area contributed by atoms with E-state index in [0.29, 0.717) is 17.4 Å². The van der Waals surface area contributed by atoms with E-state index in [-0.39, 0.29) is 6.03 Å². The first-order valence-electron chi connectivity index (χ1n) is 6.79. The highest BCUT2D eigenvalue weighted by atomic mass is 32.2. The van der Waals surface area contributed by atoms with Crippen LogP contribution in [0.5, 0.6) is 0 Å². The molecule has 1 saturated carbocycles. The number of rotatable bonds is 5. The number of hydrogen-bond acceptors (Lipinski definition) is 3. The van der Waals surface area contributed by atoms with Crippen molar-refractivity contribution in [2.75, 3.05) is 16.8 Å². The molecule has 1 aromatic rings. The molecule has 19 heavy (non-hydrogen) atoms. The maximum atomic E-state index is 11.8. The minimum absolute atomic E-state index is 0.158. The lowest BCUT2D eigenvalue weighted by atomic mass is 9.93. The van der Waals surface area contributed by atoms with Crippen LogP contribution in [0.2, 0.25) is 0 Å². The molecule has 1 aliphatic rings. The summed E-state index contributed by atoms with van der Waals surface area (Å²) in [6.45, 7) is 2.15. The Morgan fingerprint density at radius 2 is 2.26 bits per heavy atom. The molecule has 0 heterocycles. The molecule has 5 heteroatoms. The smallest absolute Gasteiger partial charge is 0.319 e. The summed E-state index contributed by atoms with van der Waals surface area (Å²) in [6.07, 6.45) is 4.49. The number of urea groups is 1. The van der Waals surface area contributed by atoms with Crippen LogP contribution in [-0.2, 0) is 0 Å².